The molecule has 0 aliphatic carbocycles. The molecule has 0 unspecified atom stereocenters. The molecular formula is C22H22ClN3O2. The zero-order valence-electron chi connectivity index (χ0n) is 15.4. The molecule has 3 rings (SSSR count). The van der Waals surface area contributed by atoms with Crippen LogP contribution in [0, 0.1) is 0 Å². The topological polar surface area (TPSA) is 63.2 Å². The van der Waals surface area contributed by atoms with Gasteiger partial charge in [0.25, 0.3) is 0 Å². The number of hydrogen-bond acceptors (Lipinski definition) is 4. The third-order valence-electron chi connectivity index (χ3n) is 4.02. The number of carbonyl (C=O) groups is 1. The lowest BCUT2D eigenvalue weighted by atomic mass is 10.2. The van der Waals surface area contributed by atoms with Crippen LogP contribution in [0.15, 0.2) is 72.9 Å². The summed E-state index contributed by atoms with van der Waals surface area (Å²) in [5.74, 6) is 0.702. The first-order valence-corrected chi connectivity index (χ1v) is 9.44. The van der Waals surface area contributed by atoms with Crippen LogP contribution in [-0.2, 0) is 17.9 Å². The van der Waals surface area contributed by atoms with Gasteiger partial charge in [-0.25, -0.2) is 0 Å². The maximum atomic E-state index is 12.0. The fraction of sp³-hybridized carbons (Fsp3) is 0.182. The summed E-state index contributed by atoms with van der Waals surface area (Å²) < 4.78 is 5.74. The minimum atomic E-state index is -0.0386. The number of pyridine rings is 1. The third kappa shape index (κ3) is 6.68. The number of nitrogens with one attached hydrogen (secondary N) is 2. The maximum Gasteiger partial charge on any atom is 0.225 e. The molecule has 28 heavy (non-hydrogen) atoms. The average molecular weight is 396 g/mol. The van der Waals surface area contributed by atoms with Gasteiger partial charge in [-0.15, -0.1) is 0 Å². The number of halogens is 1. The number of benzene rings is 2. The van der Waals surface area contributed by atoms with Gasteiger partial charge in [-0.2, -0.15) is 0 Å². The van der Waals surface area contributed by atoms with Gasteiger partial charge >= 0.3 is 0 Å². The largest absolute Gasteiger partial charge is 0.489 e. The van der Waals surface area contributed by atoms with E-state index in [2.05, 4.69) is 15.6 Å². The highest BCUT2D eigenvalue weighted by molar-refractivity contribution is 6.30. The van der Waals surface area contributed by atoms with Crippen molar-refractivity contribution in [2.24, 2.45) is 0 Å². The zero-order valence-corrected chi connectivity index (χ0v) is 16.2. The summed E-state index contributed by atoms with van der Waals surface area (Å²) in [6.45, 7) is 1.70. The van der Waals surface area contributed by atoms with E-state index in [1.165, 1.54) is 0 Å². The van der Waals surface area contributed by atoms with Gasteiger partial charge in [-0.3, -0.25) is 9.78 Å². The molecule has 0 atom stereocenters. The lowest BCUT2D eigenvalue weighted by Crippen LogP contribution is -2.21. The molecule has 6 heteroatoms. The smallest absolute Gasteiger partial charge is 0.225 e. The van der Waals surface area contributed by atoms with Crippen LogP contribution < -0.4 is 15.4 Å². The lowest BCUT2D eigenvalue weighted by molar-refractivity contribution is -0.116. The van der Waals surface area contributed by atoms with Crippen LogP contribution in [-0.4, -0.2) is 17.4 Å². The Morgan fingerprint density at radius 3 is 2.50 bits per heavy atom. The Labute approximate surface area is 169 Å². The van der Waals surface area contributed by atoms with Crippen molar-refractivity contribution < 1.29 is 9.53 Å². The van der Waals surface area contributed by atoms with Gasteiger partial charge in [-0.05, 0) is 54.1 Å². The van der Waals surface area contributed by atoms with Crippen molar-refractivity contribution in [3.8, 4) is 5.75 Å². The minimum Gasteiger partial charge on any atom is -0.489 e. The summed E-state index contributed by atoms with van der Waals surface area (Å²) in [6.07, 6.45) is 2.15. The SMILES string of the molecule is O=C(CCNCc1ccccn1)Nc1ccc(OCc2ccc(Cl)cc2)cc1. The van der Waals surface area contributed by atoms with Gasteiger partial charge in [0.05, 0.1) is 5.69 Å². The molecule has 0 aliphatic heterocycles. The van der Waals surface area contributed by atoms with Crippen LogP contribution in [0.5, 0.6) is 5.75 Å². The van der Waals surface area contributed by atoms with Crippen LogP contribution in [0.25, 0.3) is 0 Å². The number of ether oxygens (including phenoxy) is 1. The quantitative estimate of drug-likeness (QED) is 0.526. The van der Waals surface area contributed by atoms with Gasteiger partial charge in [0.15, 0.2) is 0 Å². The number of carbonyl (C=O) groups excluding carboxylic acids is 1. The Morgan fingerprint density at radius 1 is 1.00 bits per heavy atom. The summed E-state index contributed by atoms with van der Waals surface area (Å²) in [6, 6.07) is 20.6. The number of rotatable bonds is 9. The van der Waals surface area contributed by atoms with Crippen molar-refractivity contribution >= 4 is 23.2 Å². The number of anilines is 1. The number of nitrogens with zero attached hydrogens (tertiary/aromatic N) is 1. The molecule has 0 aliphatic rings. The molecule has 1 aromatic heterocycles. The van der Waals surface area contributed by atoms with E-state index < -0.39 is 0 Å². The van der Waals surface area contributed by atoms with Gasteiger partial charge in [-0.1, -0.05) is 29.8 Å². The van der Waals surface area contributed by atoms with E-state index in [9.17, 15) is 4.79 Å². The molecule has 0 spiro atoms. The second-order valence-corrected chi connectivity index (χ2v) is 6.67. The predicted octanol–water partition coefficient (Wildman–Crippen LogP) is 4.43. The highest BCUT2D eigenvalue weighted by Gasteiger charge is 2.03. The number of aromatic nitrogens is 1. The summed E-state index contributed by atoms with van der Waals surface area (Å²) in [5.41, 5.74) is 2.74. The molecular weight excluding hydrogens is 374 g/mol. The zero-order chi connectivity index (χ0) is 19.6. The Kier molecular flexibility index (Phi) is 7.41. The molecule has 0 fully saturated rings. The van der Waals surface area contributed by atoms with Crippen LogP contribution in [0.3, 0.4) is 0 Å². The van der Waals surface area contributed by atoms with Crippen molar-refractivity contribution in [2.45, 2.75) is 19.6 Å². The molecule has 0 bridgehead atoms. The van der Waals surface area contributed by atoms with E-state index in [4.69, 9.17) is 16.3 Å². The maximum absolute atomic E-state index is 12.0. The molecule has 5 nitrogen and oxygen atoms in total. The van der Waals surface area contributed by atoms with Crippen LogP contribution in [0.4, 0.5) is 5.69 Å². The Morgan fingerprint density at radius 2 is 1.79 bits per heavy atom. The molecule has 0 saturated heterocycles. The van der Waals surface area contributed by atoms with E-state index in [0.29, 0.717) is 31.1 Å². The Bertz CT molecular complexity index is 869. The first-order chi connectivity index (χ1) is 13.7. The molecule has 0 saturated carbocycles. The van der Waals surface area contributed by atoms with Crippen molar-refractivity contribution in [3.63, 3.8) is 0 Å². The van der Waals surface area contributed by atoms with Gasteiger partial charge in [0, 0.05) is 36.4 Å². The van der Waals surface area contributed by atoms with Gasteiger partial charge in [0.2, 0.25) is 5.91 Å². The fourth-order valence-corrected chi connectivity index (χ4v) is 2.65. The van der Waals surface area contributed by atoms with E-state index in [1.807, 2.05) is 66.7 Å². The molecule has 144 valence electrons. The fourth-order valence-electron chi connectivity index (χ4n) is 2.53. The summed E-state index contributed by atoms with van der Waals surface area (Å²) in [7, 11) is 0. The molecule has 1 heterocycles. The summed E-state index contributed by atoms with van der Waals surface area (Å²) in [5, 5.41) is 6.80. The van der Waals surface area contributed by atoms with E-state index >= 15 is 0 Å². The minimum absolute atomic E-state index is 0.0386. The predicted molar refractivity (Wildman–Crippen MR) is 111 cm³/mol. The van der Waals surface area contributed by atoms with E-state index in [0.717, 1.165) is 22.7 Å². The van der Waals surface area contributed by atoms with Crippen molar-refractivity contribution in [1.29, 1.82) is 0 Å². The Hall–Kier alpha value is -2.89. The van der Waals surface area contributed by atoms with Crippen molar-refractivity contribution in [3.05, 3.63) is 89.2 Å². The second-order valence-electron chi connectivity index (χ2n) is 6.24. The van der Waals surface area contributed by atoms with Crippen LogP contribution in [0.1, 0.15) is 17.7 Å². The first kappa shape index (κ1) is 19.9. The summed E-state index contributed by atoms with van der Waals surface area (Å²) >= 11 is 5.87. The average Bonchev–Trinajstić information content (AvgIpc) is 2.73. The molecule has 3 aromatic rings. The van der Waals surface area contributed by atoms with Gasteiger partial charge in [0.1, 0.15) is 12.4 Å². The number of hydrogen-bond donors (Lipinski definition) is 2. The highest BCUT2D eigenvalue weighted by Crippen LogP contribution is 2.18. The monoisotopic (exact) mass is 395 g/mol. The molecule has 0 radical (unpaired) electrons. The van der Waals surface area contributed by atoms with Crippen LogP contribution in [0.2, 0.25) is 5.02 Å². The standard InChI is InChI=1S/C22H22ClN3O2/c23-18-6-4-17(5-7-18)16-28-21-10-8-19(9-11-21)26-22(27)12-14-24-15-20-3-1-2-13-25-20/h1-11,13,24H,12,14-16H2,(H,26,27). The third-order valence-corrected chi connectivity index (χ3v) is 4.27. The lowest BCUT2D eigenvalue weighted by Gasteiger charge is -2.09. The Balaban J connectivity index is 1.37. The second kappa shape index (κ2) is 10.4. The highest BCUT2D eigenvalue weighted by atomic mass is 35.5. The van der Waals surface area contributed by atoms with E-state index in [-0.39, 0.29) is 5.91 Å². The van der Waals surface area contributed by atoms with Crippen molar-refractivity contribution in [1.82, 2.24) is 10.3 Å². The van der Waals surface area contributed by atoms with Crippen molar-refractivity contribution in [2.75, 3.05) is 11.9 Å². The van der Waals surface area contributed by atoms with Gasteiger partial charge < -0.3 is 15.4 Å². The van der Waals surface area contributed by atoms with E-state index in [1.54, 1.807) is 6.20 Å². The normalized spacial score (nSPS) is 10.5. The molecule has 1 amide bonds. The molecule has 2 N–H and O–H groups in total. The molecule has 2 aromatic carbocycles. The first-order valence-electron chi connectivity index (χ1n) is 9.07. The summed E-state index contributed by atoms with van der Waals surface area (Å²) in [4.78, 5) is 16.3. The number of amides is 1. The van der Waals surface area contributed by atoms with Crippen LogP contribution >= 0.6 is 11.6 Å².